The van der Waals surface area contributed by atoms with Crippen LogP contribution in [0.3, 0.4) is 0 Å². The maximum Gasteiger partial charge on any atom is 0.228 e. The Kier molecular flexibility index (Phi) is 8.15. The molecule has 21 heavy (non-hydrogen) atoms. The molecular formula is C16H25ClN2OS. The summed E-state index contributed by atoms with van der Waals surface area (Å²) in [5.41, 5.74) is 0.956. The Bertz CT molecular complexity index is 450. The number of amides is 1. The minimum Gasteiger partial charge on any atom is -0.325 e. The van der Waals surface area contributed by atoms with Crippen LogP contribution in [0.1, 0.15) is 32.6 Å². The maximum atomic E-state index is 12.1. The van der Waals surface area contributed by atoms with Gasteiger partial charge in [0.05, 0.1) is 5.69 Å². The van der Waals surface area contributed by atoms with E-state index < -0.39 is 0 Å². The van der Waals surface area contributed by atoms with Gasteiger partial charge in [-0.25, -0.2) is 0 Å². The van der Waals surface area contributed by atoms with E-state index >= 15 is 0 Å². The molecule has 0 radical (unpaired) electrons. The molecule has 1 fully saturated rings. The third-order valence-corrected chi connectivity index (χ3v) is 5.11. The molecule has 1 atom stereocenters. The molecule has 118 valence electrons. The Morgan fingerprint density at radius 2 is 2.00 bits per heavy atom. The molecule has 1 amide bonds. The molecule has 0 aliphatic heterocycles. The van der Waals surface area contributed by atoms with E-state index in [9.17, 15) is 4.79 Å². The number of hydrogen-bond donors (Lipinski definition) is 2. The molecule has 0 saturated heterocycles. The van der Waals surface area contributed by atoms with Crippen LogP contribution < -0.4 is 10.6 Å². The van der Waals surface area contributed by atoms with Crippen LogP contribution in [0.5, 0.6) is 0 Å². The second-order valence-electron chi connectivity index (χ2n) is 5.47. The normalized spacial score (nSPS) is 16.3. The van der Waals surface area contributed by atoms with Gasteiger partial charge in [-0.1, -0.05) is 31.9 Å². The van der Waals surface area contributed by atoms with Gasteiger partial charge in [0.1, 0.15) is 0 Å². The van der Waals surface area contributed by atoms with E-state index in [0.29, 0.717) is 11.8 Å². The fourth-order valence-electron chi connectivity index (χ4n) is 2.51. The smallest absolute Gasteiger partial charge is 0.228 e. The Labute approximate surface area is 138 Å². The Hall–Kier alpha value is -0.710. The van der Waals surface area contributed by atoms with Crippen molar-refractivity contribution in [3.8, 4) is 0 Å². The number of benzene rings is 1. The van der Waals surface area contributed by atoms with E-state index in [2.05, 4.69) is 16.7 Å². The highest BCUT2D eigenvalue weighted by Gasteiger charge is 2.19. The Balaban J connectivity index is 0.00000220. The Morgan fingerprint density at radius 3 is 2.67 bits per heavy atom. The number of rotatable bonds is 6. The predicted molar refractivity (Wildman–Crippen MR) is 93.5 cm³/mol. The zero-order chi connectivity index (χ0) is 14.4. The zero-order valence-corrected chi connectivity index (χ0v) is 14.4. The van der Waals surface area contributed by atoms with Crippen LogP contribution in [-0.4, -0.2) is 24.7 Å². The first-order valence-electron chi connectivity index (χ1n) is 7.42. The van der Waals surface area contributed by atoms with Gasteiger partial charge in [0.25, 0.3) is 0 Å². The van der Waals surface area contributed by atoms with E-state index in [4.69, 9.17) is 0 Å². The number of hydrogen-bond acceptors (Lipinski definition) is 3. The van der Waals surface area contributed by atoms with Crippen molar-refractivity contribution in [1.29, 1.82) is 0 Å². The molecule has 1 unspecified atom stereocenters. The van der Waals surface area contributed by atoms with Crippen LogP contribution in [0.4, 0.5) is 5.69 Å². The standard InChI is InChI=1S/C16H24N2OS.ClH/c1-12(11-17-2)16(19)18-14-9-5-6-10-15(14)20-13-7-3-4-8-13;/h5-6,9-10,12-13,17H,3-4,7-8,11H2,1-2H3,(H,18,19);1H. The fourth-order valence-corrected chi connectivity index (χ4v) is 3.84. The molecule has 0 bridgehead atoms. The summed E-state index contributed by atoms with van der Waals surface area (Å²) in [5, 5.41) is 6.82. The van der Waals surface area contributed by atoms with Gasteiger partial charge in [0.2, 0.25) is 5.91 Å². The minimum absolute atomic E-state index is 0. The van der Waals surface area contributed by atoms with Gasteiger partial charge in [-0.3, -0.25) is 4.79 Å². The minimum atomic E-state index is -0.0236. The molecule has 1 aliphatic carbocycles. The molecule has 1 aromatic rings. The van der Waals surface area contributed by atoms with Crippen molar-refractivity contribution in [3.05, 3.63) is 24.3 Å². The average Bonchev–Trinajstić information content (AvgIpc) is 2.94. The molecule has 5 heteroatoms. The van der Waals surface area contributed by atoms with Crippen LogP contribution in [0.2, 0.25) is 0 Å². The predicted octanol–water partition coefficient (Wildman–Crippen LogP) is 3.94. The third-order valence-electron chi connectivity index (χ3n) is 3.70. The number of thioether (sulfide) groups is 1. The zero-order valence-electron chi connectivity index (χ0n) is 12.7. The first kappa shape index (κ1) is 18.3. The molecule has 0 spiro atoms. The molecule has 1 aromatic carbocycles. The first-order valence-corrected chi connectivity index (χ1v) is 8.30. The van der Waals surface area contributed by atoms with Crippen molar-refractivity contribution in [2.24, 2.45) is 5.92 Å². The lowest BCUT2D eigenvalue weighted by Gasteiger charge is -2.16. The van der Waals surface area contributed by atoms with Gasteiger partial charge in [-0.15, -0.1) is 24.2 Å². The van der Waals surface area contributed by atoms with Crippen molar-refractivity contribution in [2.45, 2.75) is 42.8 Å². The van der Waals surface area contributed by atoms with Crippen LogP contribution in [0, 0.1) is 5.92 Å². The molecule has 0 heterocycles. The number of anilines is 1. The number of halogens is 1. The summed E-state index contributed by atoms with van der Waals surface area (Å²) in [4.78, 5) is 13.3. The summed E-state index contributed by atoms with van der Waals surface area (Å²) in [6.07, 6.45) is 5.27. The molecule has 0 aromatic heterocycles. The van der Waals surface area contributed by atoms with E-state index in [1.54, 1.807) is 0 Å². The summed E-state index contributed by atoms with van der Waals surface area (Å²) in [5.74, 6) is 0.0587. The van der Waals surface area contributed by atoms with Crippen molar-refractivity contribution < 1.29 is 4.79 Å². The van der Waals surface area contributed by atoms with Crippen LogP contribution in [0.25, 0.3) is 0 Å². The highest BCUT2D eigenvalue weighted by Crippen LogP contribution is 2.38. The van der Waals surface area contributed by atoms with Gasteiger partial charge in [-0.2, -0.15) is 0 Å². The molecule has 2 N–H and O–H groups in total. The lowest BCUT2D eigenvalue weighted by Crippen LogP contribution is -2.28. The Morgan fingerprint density at radius 1 is 1.33 bits per heavy atom. The first-order chi connectivity index (χ1) is 9.70. The van der Waals surface area contributed by atoms with Crippen molar-refractivity contribution in [1.82, 2.24) is 5.32 Å². The van der Waals surface area contributed by atoms with Crippen molar-refractivity contribution >= 4 is 35.8 Å². The van der Waals surface area contributed by atoms with Crippen LogP contribution in [-0.2, 0) is 4.79 Å². The average molecular weight is 329 g/mol. The number of carbonyl (C=O) groups excluding carboxylic acids is 1. The number of para-hydroxylation sites is 1. The second-order valence-corrected chi connectivity index (χ2v) is 6.81. The lowest BCUT2D eigenvalue weighted by molar-refractivity contribution is -0.119. The van der Waals surface area contributed by atoms with Gasteiger partial charge in [0, 0.05) is 22.6 Å². The summed E-state index contributed by atoms with van der Waals surface area (Å²) in [7, 11) is 1.87. The van der Waals surface area contributed by atoms with E-state index in [1.807, 2.05) is 43.9 Å². The van der Waals surface area contributed by atoms with E-state index in [-0.39, 0.29) is 24.2 Å². The van der Waals surface area contributed by atoms with Gasteiger partial charge < -0.3 is 10.6 Å². The summed E-state index contributed by atoms with van der Waals surface area (Å²) >= 11 is 1.91. The monoisotopic (exact) mass is 328 g/mol. The molecule has 1 saturated carbocycles. The highest BCUT2D eigenvalue weighted by atomic mass is 35.5. The largest absolute Gasteiger partial charge is 0.325 e. The third kappa shape index (κ3) is 5.53. The summed E-state index contributed by atoms with van der Waals surface area (Å²) in [6.45, 7) is 2.64. The quantitative estimate of drug-likeness (QED) is 0.831. The molecule has 3 nitrogen and oxygen atoms in total. The van der Waals surface area contributed by atoms with E-state index in [0.717, 1.165) is 5.69 Å². The summed E-state index contributed by atoms with van der Waals surface area (Å²) < 4.78 is 0. The summed E-state index contributed by atoms with van der Waals surface area (Å²) in [6, 6.07) is 8.14. The highest BCUT2D eigenvalue weighted by molar-refractivity contribution is 8.00. The van der Waals surface area contributed by atoms with Crippen molar-refractivity contribution in [2.75, 3.05) is 18.9 Å². The number of carbonyl (C=O) groups is 1. The second kappa shape index (κ2) is 9.34. The fraction of sp³-hybridized carbons (Fsp3) is 0.562. The van der Waals surface area contributed by atoms with Crippen LogP contribution >= 0.6 is 24.2 Å². The number of nitrogens with one attached hydrogen (secondary N) is 2. The van der Waals surface area contributed by atoms with Gasteiger partial charge in [0.15, 0.2) is 0 Å². The SMILES string of the molecule is CNCC(C)C(=O)Nc1ccccc1SC1CCCC1.Cl. The molecular weight excluding hydrogens is 304 g/mol. The lowest BCUT2D eigenvalue weighted by atomic mass is 10.1. The van der Waals surface area contributed by atoms with Gasteiger partial charge >= 0.3 is 0 Å². The van der Waals surface area contributed by atoms with E-state index in [1.165, 1.54) is 30.6 Å². The topological polar surface area (TPSA) is 41.1 Å². The maximum absolute atomic E-state index is 12.1. The van der Waals surface area contributed by atoms with Gasteiger partial charge in [-0.05, 0) is 32.0 Å². The molecule has 1 aliphatic rings. The van der Waals surface area contributed by atoms with Crippen LogP contribution in [0.15, 0.2) is 29.2 Å². The van der Waals surface area contributed by atoms with Crippen molar-refractivity contribution in [3.63, 3.8) is 0 Å². The molecule has 2 rings (SSSR count).